The number of Topliss-reactive ketones (excluding diaryl/α,β-unsaturated/α-hetero) is 1. The predicted molar refractivity (Wildman–Crippen MR) is 82.1 cm³/mol. The SMILES string of the molecule is C=C[C@](C)(CC(C)C(C)C)C(=O)[C@H](C)[C@H]1CCCN1. The fraction of sp³-hybridized carbons (Fsp3) is 0.824. The Balaban J connectivity index is 2.76. The molecule has 19 heavy (non-hydrogen) atoms. The second kappa shape index (κ2) is 6.69. The average Bonchev–Trinajstić information content (AvgIpc) is 2.90. The summed E-state index contributed by atoms with van der Waals surface area (Å²) in [6, 6.07) is 0.362. The van der Waals surface area contributed by atoms with Crippen LogP contribution >= 0.6 is 0 Å². The maximum Gasteiger partial charge on any atom is 0.146 e. The van der Waals surface area contributed by atoms with Crippen LogP contribution in [0.2, 0.25) is 0 Å². The molecule has 1 saturated heterocycles. The molecule has 4 atom stereocenters. The Kier molecular flexibility index (Phi) is 5.79. The van der Waals surface area contributed by atoms with E-state index in [1.54, 1.807) is 0 Å². The fourth-order valence-electron chi connectivity index (χ4n) is 3.03. The zero-order valence-electron chi connectivity index (χ0n) is 13.3. The molecule has 1 heterocycles. The molecule has 2 nitrogen and oxygen atoms in total. The standard InChI is InChI=1S/C17H31NO/c1-7-17(6,11-13(4)12(2)3)16(19)14(5)15-9-8-10-18-15/h7,12-15,18H,1,8-11H2,2-6H3/t13?,14-,15-,17-/m1/s1. The Bertz CT molecular complexity index is 317. The molecule has 0 saturated carbocycles. The third kappa shape index (κ3) is 3.92. The number of nitrogens with one attached hydrogen (secondary N) is 1. The molecular formula is C17H31NO. The normalized spacial score (nSPS) is 25.9. The van der Waals surface area contributed by atoms with E-state index in [1.165, 1.54) is 6.42 Å². The van der Waals surface area contributed by atoms with Crippen LogP contribution in [0, 0.1) is 23.2 Å². The first-order chi connectivity index (χ1) is 8.81. The van der Waals surface area contributed by atoms with Crippen molar-refractivity contribution in [2.24, 2.45) is 23.2 Å². The monoisotopic (exact) mass is 265 g/mol. The largest absolute Gasteiger partial charge is 0.313 e. The van der Waals surface area contributed by atoms with Gasteiger partial charge >= 0.3 is 0 Å². The average molecular weight is 265 g/mol. The first kappa shape index (κ1) is 16.4. The van der Waals surface area contributed by atoms with Crippen LogP contribution in [-0.2, 0) is 4.79 Å². The van der Waals surface area contributed by atoms with E-state index in [0.29, 0.717) is 23.7 Å². The zero-order chi connectivity index (χ0) is 14.6. The molecule has 1 rings (SSSR count). The minimum atomic E-state index is -0.382. The Labute approximate surface area is 119 Å². The lowest BCUT2D eigenvalue weighted by molar-refractivity contribution is -0.130. The molecule has 1 fully saturated rings. The highest BCUT2D eigenvalue weighted by molar-refractivity contribution is 5.88. The van der Waals surface area contributed by atoms with Crippen LogP contribution in [0.4, 0.5) is 0 Å². The molecular weight excluding hydrogens is 234 g/mol. The molecule has 1 unspecified atom stereocenters. The Morgan fingerprint density at radius 2 is 2.05 bits per heavy atom. The van der Waals surface area contributed by atoms with Gasteiger partial charge in [0.25, 0.3) is 0 Å². The number of carbonyl (C=O) groups is 1. The highest BCUT2D eigenvalue weighted by Crippen LogP contribution is 2.35. The molecule has 1 aliphatic heterocycles. The summed E-state index contributed by atoms with van der Waals surface area (Å²) in [6.45, 7) is 15.8. The molecule has 0 aromatic rings. The van der Waals surface area contributed by atoms with Crippen LogP contribution < -0.4 is 5.32 Å². The molecule has 0 aromatic heterocycles. The van der Waals surface area contributed by atoms with Gasteiger partial charge in [-0.15, -0.1) is 6.58 Å². The quantitative estimate of drug-likeness (QED) is 0.709. The molecule has 1 aliphatic rings. The second-order valence-corrected chi connectivity index (χ2v) is 6.90. The van der Waals surface area contributed by atoms with Gasteiger partial charge in [0.15, 0.2) is 0 Å². The third-order valence-corrected chi connectivity index (χ3v) is 5.01. The highest BCUT2D eigenvalue weighted by atomic mass is 16.1. The van der Waals surface area contributed by atoms with Gasteiger partial charge < -0.3 is 5.32 Å². The first-order valence-corrected chi connectivity index (χ1v) is 7.73. The number of rotatable bonds is 7. The van der Waals surface area contributed by atoms with E-state index in [-0.39, 0.29) is 11.3 Å². The van der Waals surface area contributed by atoms with E-state index in [2.05, 4.69) is 46.5 Å². The van der Waals surface area contributed by atoms with E-state index >= 15 is 0 Å². The number of ketones is 1. The molecule has 0 amide bonds. The number of carbonyl (C=O) groups excluding carboxylic acids is 1. The summed E-state index contributed by atoms with van der Waals surface area (Å²) < 4.78 is 0. The summed E-state index contributed by atoms with van der Waals surface area (Å²) in [5, 5.41) is 3.45. The molecule has 1 N–H and O–H groups in total. The summed E-state index contributed by atoms with van der Waals surface area (Å²) in [5.41, 5.74) is -0.382. The van der Waals surface area contributed by atoms with Gasteiger partial charge in [0, 0.05) is 17.4 Å². The van der Waals surface area contributed by atoms with Crippen LogP contribution in [0.25, 0.3) is 0 Å². The molecule has 0 aromatic carbocycles. The van der Waals surface area contributed by atoms with Crippen molar-refractivity contribution in [3.8, 4) is 0 Å². The number of allylic oxidation sites excluding steroid dienone is 1. The van der Waals surface area contributed by atoms with E-state index in [0.717, 1.165) is 19.4 Å². The molecule has 2 heteroatoms. The van der Waals surface area contributed by atoms with Gasteiger partial charge in [-0.05, 0) is 44.6 Å². The van der Waals surface area contributed by atoms with Crippen molar-refractivity contribution >= 4 is 5.78 Å². The minimum Gasteiger partial charge on any atom is -0.313 e. The van der Waals surface area contributed by atoms with Crippen molar-refractivity contribution in [2.75, 3.05) is 6.54 Å². The smallest absolute Gasteiger partial charge is 0.146 e. The van der Waals surface area contributed by atoms with Gasteiger partial charge in [0.05, 0.1) is 0 Å². The van der Waals surface area contributed by atoms with Crippen molar-refractivity contribution in [3.63, 3.8) is 0 Å². The first-order valence-electron chi connectivity index (χ1n) is 7.73. The second-order valence-electron chi connectivity index (χ2n) is 6.90. The van der Waals surface area contributed by atoms with Gasteiger partial charge in [0.1, 0.15) is 5.78 Å². The van der Waals surface area contributed by atoms with Crippen LogP contribution in [-0.4, -0.2) is 18.4 Å². The fourth-order valence-corrected chi connectivity index (χ4v) is 3.03. The molecule has 0 spiro atoms. The van der Waals surface area contributed by atoms with Gasteiger partial charge in [-0.25, -0.2) is 0 Å². The summed E-state index contributed by atoms with van der Waals surface area (Å²) in [4.78, 5) is 12.8. The lowest BCUT2D eigenvalue weighted by atomic mass is 9.71. The summed E-state index contributed by atoms with van der Waals surface area (Å²) in [6.07, 6.45) is 5.10. The Morgan fingerprint density at radius 3 is 2.47 bits per heavy atom. The minimum absolute atomic E-state index is 0.0878. The van der Waals surface area contributed by atoms with Crippen molar-refractivity contribution in [3.05, 3.63) is 12.7 Å². The van der Waals surface area contributed by atoms with E-state index in [4.69, 9.17) is 0 Å². The number of hydrogen-bond donors (Lipinski definition) is 1. The van der Waals surface area contributed by atoms with E-state index in [9.17, 15) is 4.79 Å². The van der Waals surface area contributed by atoms with Crippen LogP contribution in [0.3, 0.4) is 0 Å². The van der Waals surface area contributed by atoms with Gasteiger partial charge in [-0.2, -0.15) is 0 Å². The molecule has 110 valence electrons. The molecule has 0 radical (unpaired) electrons. The maximum absolute atomic E-state index is 12.8. The lowest BCUT2D eigenvalue weighted by Crippen LogP contribution is -2.41. The highest BCUT2D eigenvalue weighted by Gasteiger charge is 2.38. The summed E-state index contributed by atoms with van der Waals surface area (Å²) in [5.74, 6) is 1.59. The van der Waals surface area contributed by atoms with Crippen molar-refractivity contribution in [1.82, 2.24) is 5.32 Å². The molecule has 0 bridgehead atoms. The Morgan fingerprint density at radius 1 is 1.42 bits per heavy atom. The van der Waals surface area contributed by atoms with Gasteiger partial charge in [-0.1, -0.05) is 33.8 Å². The van der Waals surface area contributed by atoms with Gasteiger partial charge in [0.2, 0.25) is 0 Å². The maximum atomic E-state index is 12.8. The Hall–Kier alpha value is -0.630. The molecule has 0 aliphatic carbocycles. The van der Waals surface area contributed by atoms with Crippen LogP contribution in [0.1, 0.15) is 53.9 Å². The lowest BCUT2D eigenvalue weighted by Gasteiger charge is -2.33. The van der Waals surface area contributed by atoms with Crippen molar-refractivity contribution in [1.29, 1.82) is 0 Å². The van der Waals surface area contributed by atoms with Crippen LogP contribution in [0.5, 0.6) is 0 Å². The van der Waals surface area contributed by atoms with E-state index < -0.39 is 0 Å². The summed E-state index contributed by atoms with van der Waals surface area (Å²) >= 11 is 0. The topological polar surface area (TPSA) is 29.1 Å². The van der Waals surface area contributed by atoms with Crippen molar-refractivity contribution in [2.45, 2.75) is 59.9 Å². The van der Waals surface area contributed by atoms with Crippen molar-refractivity contribution < 1.29 is 4.79 Å². The summed E-state index contributed by atoms with van der Waals surface area (Å²) in [7, 11) is 0. The van der Waals surface area contributed by atoms with E-state index in [1.807, 2.05) is 6.08 Å². The third-order valence-electron chi connectivity index (χ3n) is 5.01. The predicted octanol–water partition coefficient (Wildman–Crippen LogP) is 3.82. The van der Waals surface area contributed by atoms with Crippen LogP contribution in [0.15, 0.2) is 12.7 Å². The van der Waals surface area contributed by atoms with Gasteiger partial charge in [-0.3, -0.25) is 4.79 Å². The number of hydrogen-bond acceptors (Lipinski definition) is 2. The zero-order valence-corrected chi connectivity index (χ0v) is 13.3.